The third-order valence-electron chi connectivity index (χ3n) is 5.16. The van der Waals surface area contributed by atoms with E-state index in [2.05, 4.69) is 22.2 Å². The molecule has 1 aliphatic carbocycles. The molecule has 7 heteroatoms. The zero-order valence-electron chi connectivity index (χ0n) is 16.0. The summed E-state index contributed by atoms with van der Waals surface area (Å²) in [5.74, 6) is 0.792. The summed E-state index contributed by atoms with van der Waals surface area (Å²) in [5.41, 5.74) is 2.16. The molecule has 2 heterocycles. The molecule has 1 amide bonds. The number of carbonyl (C=O) groups is 1. The van der Waals surface area contributed by atoms with Crippen molar-refractivity contribution in [3.05, 3.63) is 56.7 Å². The number of thioether (sulfide) groups is 1. The third kappa shape index (κ3) is 4.00. The van der Waals surface area contributed by atoms with Gasteiger partial charge in [-0.05, 0) is 43.2 Å². The lowest BCUT2D eigenvalue weighted by molar-refractivity contribution is -0.119. The van der Waals surface area contributed by atoms with E-state index in [0.29, 0.717) is 11.1 Å². The summed E-state index contributed by atoms with van der Waals surface area (Å²) >= 11 is 2.90. The number of aromatic nitrogens is 2. The Bertz CT molecular complexity index is 1060. The fourth-order valence-electron chi connectivity index (χ4n) is 3.64. The Balaban J connectivity index is 1.45. The normalized spacial score (nSPS) is 17.3. The molecule has 2 aromatic heterocycles. The molecule has 2 atom stereocenters. The van der Waals surface area contributed by atoms with E-state index in [1.165, 1.54) is 22.2 Å². The number of amides is 1. The Labute approximate surface area is 172 Å². The summed E-state index contributed by atoms with van der Waals surface area (Å²) in [4.78, 5) is 34.5. The number of carbonyl (C=O) groups excluding carboxylic acids is 1. The van der Waals surface area contributed by atoms with Crippen molar-refractivity contribution in [3.63, 3.8) is 0 Å². The zero-order chi connectivity index (χ0) is 19.7. The lowest BCUT2D eigenvalue weighted by Gasteiger charge is -2.17. The molecule has 1 aliphatic rings. The maximum atomic E-state index is 12.6. The van der Waals surface area contributed by atoms with Crippen LogP contribution in [-0.2, 0) is 17.6 Å². The van der Waals surface area contributed by atoms with E-state index in [0.717, 1.165) is 35.0 Å². The van der Waals surface area contributed by atoms with E-state index in [4.69, 9.17) is 0 Å². The maximum absolute atomic E-state index is 12.6. The zero-order valence-corrected chi connectivity index (χ0v) is 17.6. The predicted molar refractivity (Wildman–Crippen MR) is 115 cm³/mol. The smallest absolute Gasteiger partial charge is 0.260 e. The highest BCUT2D eigenvalue weighted by Crippen LogP contribution is 2.36. The fraction of sp³-hybridized carbons (Fsp3) is 0.381. The first kappa shape index (κ1) is 19.2. The second-order valence-corrected chi connectivity index (χ2v) is 9.44. The van der Waals surface area contributed by atoms with E-state index in [1.807, 2.05) is 37.3 Å². The Morgan fingerprint density at radius 3 is 2.96 bits per heavy atom. The van der Waals surface area contributed by atoms with E-state index in [9.17, 15) is 9.59 Å². The Morgan fingerprint density at radius 2 is 2.18 bits per heavy atom. The average Bonchev–Trinajstić information content (AvgIpc) is 3.04. The van der Waals surface area contributed by atoms with Gasteiger partial charge in [-0.3, -0.25) is 9.59 Å². The molecule has 0 saturated carbocycles. The van der Waals surface area contributed by atoms with E-state index < -0.39 is 0 Å². The van der Waals surface area contributed by atoms with Gasteiger partial charge in [0, 0.05) is 4.88 Å². The standard InChI is InChI=1S/C21H23N3O2S2/c1-12-8-9-15-16(10-12)28-20-18(15)19(26)23-21(24-20)27-11-17(25)22-13(2)14-6-4-3-5-7-14/h3-7,12-13H,8-11H2,1-2H3,(H,22,25)(H,23,24,26)/t12-,13-/m1/s1. The highest BCUT2D eigenvalue weighted by Gasteiger charge is 2.23. The van der Waals surface area contributed by atoms with Gasteiger partial charge in [0.1, 0.15) is 4.83 Å². The highest BCUT2D eigenvalue weighted by atomic mass is 32.2. The van der Waals surface area contributed by atoms with Gasteiger partial charge < -0.3 is 10.3 Å². The van der Waals surface area contributed by atoms with Crippen LogP contribution in [0, 0.1) is 5.92 Å². The van der Waals surface area contributed by atoms with Crippen LogP contribution >= 0.6 is 23.1 Å². The van der Waals surface area contributed by atoms with Crippen LogP contribution in [0.2, 0.25) is 0 Å². The van der Waals surface area contributed by atoms with Crippen molar-refractivity contribution < 1.29 is 4.79 Å². The van der Waals surface area contributed by atoms with Gasteiger partial charge in [-0.15, -0.1) is 11.3 Å². The number of fused-ring (bicyclic) bond motifs is 3. The minimum Gasteiger partial charge on any atom is -0.349 e. The molecule has 2 N–H and O–H groups in total. The lowest BCUT2D eigenvalue weighted by Crippen LogP contribution is -2.28. The highest BCUT2D eigenvalue weighted by molar-refractivity contribution is 7.99. The minimum atomic E-state index is -0.0855. The molecule has 3 aromatic rings. The van der Waals surface area contributed by atoms with Gasteiger partial charge in [-0.2, -0.15) is 0 Å². The van der Waals surface area contributed by atoms with Crippen LogP contribution in [0.15, 0.2) is 40.3 Å². The Morgan fingerprint density at radius 1 is 1.39 bits per heavy atom. The first-order chi connectivity index (χ1) is 13.5. The van der Waals surface area contributed by atoms with Gasteiger partial charge in [0.25, 0.3) is 5.56 Å². The molecule has 0 saturated heterocycles. The van der Waals surface area contributed by atoms with Gasteiger partial charge in [0.15, 0.2) is 5.16 Å². The first-order valence-corrected chi connectivity index (χ1v) is 11.3. The largest absolute Gasteiger partial charge is 0.349 e. The first-order valence-electron chi connectivity index (χ1n) is 9.53. The third-order valence-corrected chi connectivity index (χ3v) is 7.18. The van der Waals surface area contributed by atoms with Crippen molar-refractivity contribution in [2.75, 3.05) is 5.75 Å². The molecule has 1 aromatic carbocycles. The maximum Gasteiger partial charge on any atom is 0.260 e. The Kier molecular flexibility index (Phi) is 5.55. The molecule has 0 spiro atoms. The van der Waals surface area contributed by atoms with Crippen LogP contribution in [0.3, 0.4) is 0 Å². The van der Waals surface area contributed by atoms with Crippen molar-refractivity contribution in [2.24, 2.45) is 5.92 Å². The molecule has 0 unspecified atom stereocenters. The number of hydrogen-bond donors (Lipinski definition) is 2. The molecule has 0 bridgehead atoms. The van der Waals surface area contributed by atoms with Gasteiger partial charge in [0.05, 0.1) is 17.2 Å². The number of hydrogen-bond acceptors (Lipinski definition) is 5. The van der Waals surface area contributed by atoms with Gasteiger partial charge in [-0.1, -0.05) is 49.0 Å². The van der Waals surface area contributed by atoms with Crippen LogP contribution in [0.25, 0.3) is 10.2 Å². The second-order valence-electron chi connectivity index (χ2n) is 7.39. The van der Waals surface area contributed by atoms with Gasteiger partial charge in [0.2, 0.25) is 5.91 Å². The lowest BCUT2D eigenvalue weighted by atomic mass is 9.89. The van der Waals surface area contributed by atoms with Crippen LogP contribution in [-0.4, -0.2) is 21.6 Å². The molecule has 5 nitrogen and oxygen atoms in total. The molecule has 28 heavy (non-hydrogen) atoms. The summed E-state index contributed by atoms with van der Waals surface area (Å²) in [6.45, 7) is 4.21. The quantitative estimate of drug-likeness (QED) is 0.488. The number of aryl methyl sites for hydroxylation is 1. The van der Waals surface area contributed by atoms with Crippen LogP contribution in [0.4, 0.5) is 0 Å². The van der Waals surface area contributed by atoms with Crippen molar-refractivity contribution >= 4 is 39.2 Å². The number of benzene rings is 1. The predicted octanol–water partition coefficient (Wildman–Crippen LogP) is 4.08. The van der Waals surface area contributed by atoms with Crippen molar-refractivity contribution in [1.29, 1.82) is 0 Å². The summed E-state index contributed by atoms with van der Waals surface area (Å²) in [7, 11) is 0. The van der Waals surface area contributed by atoms with E-state index >= 15 is 0 Å². The number of thiophene rings is 1. The van der Waals surface area contributed by atoms with Gasteiger partial charge in [-0.25, -0.2) is 4.98 Å². The van der Waals surface area contributed by atoms with Crippen molar-refractivity contribution in [2.45, 2.75) is 44.3 Å². The fourth-order valence-corrected chi connectivity index (χ4v) is 5.75. The summed E-state index contributed by atoms with van der Waals surface area (Å²) in [6, 6.07) is 9.79. The second kappa shape index (κ2) is 8.09. The minimum absolute atomic E-state index is 0.0604. The SMILES string of the molecule is C[C@@H]1CCc2c(sc3nc(SCC(=O)N[C@H](C)c4ccccc4)[nH]c(=O)c23)C1. The molecule has 0 aliphatic heterocycles. The van der Waals surface area contributed by atoms with Crippen molar-refractivity contribution in [3.8, 4) is 0 Å². The molecule has 146 valence electrons. The number of rotatable bonds is 5. The number of aromatic amines is 1. The molecular weight excluding hydrogens is 390 g/mol. The van der Waals surface area contributed by atoms with Crippen LogP contribution in [0.5, 0.6) is 0 Å². The van der Waals surface area contributed by atoms with Gasteiger partial charge >= 0.3 is 0 Å². The molecular formula is C21H23N3O2S2. The summed E-state index contributed by atoms with van der Waals surface area (Å²) < 4.78 is 0. The molecule has 0 fully saturated rings. The van der Waals surface area contributed by atoms with E-state index in [1.54, 1.807) is 11.3 Å². The van der Waals surface area contributed by atoms with Crippen LogP contribution in [0.1, 0.15) is 42.3 Å². The number of nitrogens with zero attached hydrogens (tertiary/aromatic N) is 1. The topological polar surface area (TPSA) is 74.8 Å². The van der Waals surface area contributed by atoms with Crippen molar-refractivity contribution in [1.82, 2.24) is 15.3 Å². The molecule has 4 rings (SSSR count). The molecule has 0 radical (unpaired) electrons. The number of H-pyrrole nitrogens is 1. The van der Waals surface area contributed by atoms with E-state index in [-0.39, 0.29) is 23.3 Å². The monoisotopic (exact) mass is 413 g/mol. The number of nitrogens with one attached hydrogen (secondary N) is 2. The average molecular weight is 414 g/mol. The Hall–Kier alpha value is -2.12. The van der Waals surface area contributed by atoms with Crippen LogP contribution < -0.4 is 10.9 Å². The summed E-state index contributed by atoms with van der Waals surface area (Å²) in [5, 5.41) is 4.24. The summed E-state index contributed by atoms with van der Waals surface area (Å²) in [6.07, 6.45) is 3.10.